The Labute approximate surface area is 265 Å². The Morgan fingerprint density at radius 1 is 0.795 bits per heavy atom. The van der Waals surface area contributed by atoms with Gasteiger partial charge in [-0.2, -0.15) is 0 Å². The minimum atomic E-state index is -0.322. The van der Waals surface area contributed by atoms with Crippen molar-refractivity contribution >= 4 is 12.3 Å². The second-order valence-electron chi connectivity index (χ2n) is 11.2. The number of aryl methyl sites for hydroxylation is 1. The minimum absolute atomic E-state index is 0.322. The zero-order valence-corrected chi connectivity index (χ0v) is 27.1. The predicted molar refractivity (Wildman–Crippen MR) is 179 cm³/mol. The van der Waals surface area contributed by atoms with E-state index < -0.39 is 0 Å². The van der Waals surface area contributed by atoms with Crippen molar-refractivity contribution in [2.24, 2.45) is 5.92 Å². The number of ether oxygens (including phenoxy) is 3. The molecule has 6 nitrogen and oxygen atoms in total. The van der Waals surface area contributed by atoms with E-state index in [1.807, 2.05) is 48.5 Å². The molecular weight excluding hydrogens is 550 g/mol. The van der Waals surface area contributed by atoms with Gasteiger partial charge in [-0.15, -0.1) is 0 Å². The van der Waals surface area contributed by atoms with Crippen LogP contribution < -0.4 is 0 Å². The second-order valence-corrected chi connectivity index (χ2v) is 11.2. The number of carbonyl (C=O) groups excluding carboxylic acids is 2. The summed E-state index contributed by atoms with van der Waals surface area (Å²) in [6, 6.07) is 28.5. The second kappa shape index (κ2) is 24.1. The SMILES string of the molecule is COC.COC(=O)c1ccc(CN(CCCCC=O)CCOCc2ccc(CCC3CCCC3)cc2)cc1.c1ccccc1. The van der Waals surface area contributed by atoms with Crippen molar-refractivity contribution in [2.45, 2.75) is 70.9 Å². The average Bonchev–Trinajstić information content (AvgIpc) is 3.60. The third-order valence-electron chi connectivity index (χ3n) is 7.65. The maximum absolute atomic E-state index is 11.7. The molecule has 3 aromatic carbocycles. The Balaban J connectivity index is 0.000000648. The number of rotatable bonds is 16. The highest BCUT2D eigenvalue weighted by molar-refractivity contribution is 5.89. The van der Waals surface area contributed by atoms with Gasteiger partial charge >= 0.3 is 5.97 Å². The van der Waals surface area contributed by atoms with Gasteiger partial charge in [-0.25, -0.2) is 4.79 Å². The summed E-state index contributed by atoms with van der Waals surface area (Å²) in [5.74, 6) is 0.614. The molecule has 0 amide bonds. The lowest BCUT2D eigenvalue weighted by Crippen LogP contribution is -2.28. The van der Waals surface area contributed by atoms with Gasteiger partial charge in [0, 0.05) is 33.7 Å². The van der Waals surface area contributed by atoms with Crippen molar-refractivity contribution in [2.75, 3.05) is 41.0 Å². The number of aldehydes is 1. The number of hydrogen-bond acceptors (Lipinski definition) is 6. The maximum atomic E-state index is 11.7. The number of hydrogen-bond donors (Lipinski definition) is 0. The van der Waals surface area contributed by atoms with Crippen molar-refractivity contribution in [1.82, 2.24) is 4.90 Å². The van der Waals surface area contributed by atoms with Crippen molar-refractivity contribution in [3.8, 4) is 0 Å². The van der Waals surface area contributed by atoms with E-state index in [2.05, 4.69) is 33.9 Å². The number of methoxy groups -OCH3 is 2. The molecule has 1 fully saturated rings. The Hall–Kier alpha value is -3.32. The Kier molecular flexibility index (Phi) is 20.2. The first-order chi connectivity index (χ1) is 21.6. The molecule has 240 valence electrons. The van der Waals surface area contributed by atoms with Crippen LogP contribution in [-0.4, -0.2) is 58.2 Å². The molecule has 0 N–H and O–H groups in total. The molecule has 0 aliphatic heterocycles. The fourth-order valence-electron chi connectivity index (χ4n) is 5.20. The number of esters is 1. The highest BCUT2D eigenvalue weighted by Crippen LogP contribution is 2.28. The van der Waals surface area contributed by atoms with Gasteiger partial charge in [0.15, 0.2) is 0 Å². The van der Waals surface area contributed by atoms with E-state index in [0.29, 0.717) is 25.2 Å². The van der Waals surface area contributed by atoms with Crippen LogP contribution in [-0.2, 0) is 38.6 Å². The van der Waals surface area contributed by atoms with Crippen LogP contribution in [0.5, 0.6) is 0 Å². The van der Waals surface area contributed by atoms with Gasteiger partial charge in [0.05, 0.1) is 25.9 Å². The molecule has 1 saturated carbocycles. The van der Waals surface area contributed by atoms with E-state index in [1.54, 1.807) is 26.4 Å². The standard InChI is InChI=1S/C30H41NO4.C6H6.C2H6O/c1-34-30(33)29-17-15-27(16-18-29)23-31(19-5-2-6-21-32)20-22-35-24-28-13-11-26(12-14-28)10-9-25-7-3-4-8-25;1-2-4-6-5-3-1;1-3-2/h11-18,21,25H,2-10,19-20,22-24H2,1H3;1-6H;1-2H3. The molecule has 0 aromatic heterocycles. The summed E-state index contributed by atoms with van der Waals surface area (Å²) in [7, 11) is 4.64. The van der Waals surface area contributed by atoms with Gasteiger partial charge in [-0.1, -0.05) is 98.5 Å². The highest BCUT2D eigenvalue weighted by atomic mass is 16.5. The van der Waals surface area contributed by atoms with Gasteiger partial charge < -0.3 is 19.0 Å². The van der Waals surface area contributed by atoms with Gasteiger partial charge in [-0.05, 0) is 67.0 Å². The summed E-state index contributed by atoms with van der Waals surface area (Å²) in [5, 5.41) is 0. The molecule has 0 bridgehead atoms. The minimum Gasteiger partial charge on any atom is -0.465 e. The molecule has 3 aromatic rings. The molecule has 4 rings (SSSR count). The van der Waals surface area contributed by atoms with Crippen LogP contribution in [0.1, 0.15) is 78.4 Å². The summed E-state index contributed by atoms with van der Waals surface area (Å²) < 4.78 is 15.0. The van der Waals surface area contributed by atoms with Crippen molar-refractivity contribution < 1.29 is 23.8 Å². The zero-order valence-electron chi connectivity index (χ0n) is 27.1. The molecule has 0 radical (unpaired) electrons. The molecule has 6 heteroatoms. The topological polar surface area (TPSA) is 65.1 Å². The monoisotopic (exact) mass is 603 g/mol. The zero-order chi connectivity index (χ0) is 31.7. The smallest absolute Gasteiger partial charge is 0.337 e. The number of unbranched alkanes of at least 4 members (excludes halogenated alkanes) is 2. The van der Waals surface area contributed by atoms with Crippen molar-refractivity contribution in [3.05, 3.63) is 107 Å². The van der Waals surface area contributed by atoms with Crippen LogP contribution in [0, 0.1) is 5.92 Å². The van der Waals surface area contributed by atoms with Gasteiger partial charge in [0.2, 0.25) is 0 Å². The summed E-state index contributed by atoms with van der Waals surface area (Å²) in [6.07, 6.45) is 11.6. The lowest BCUT2D eigenvalue weighted by Gasteiger charge is -2.22. The van der Waals surface area contributed by atoms with Crippen LogP contribution in [0.3, 0.4) is 0 Å². The third kappa shape index (κ3) is 16.5. The summed E-state index contributed by atoms with van der Waals surface area (Å²) >= 11 is 0. The van der Waals surface area contributed by atoms with Gasteiger partial charge in [0.1, 0.15) is 6.29 Å². The molecule has 0 heterocycles. The number of nitrogens with zero attached hydrogens (tertiary/aromatic N) is 1. The van der Waals surface area contributed by atoms with Crippen LogP contribution in [0.25, 0.3) is 0 Å². The molecule has 0 saturated heterocycles. The molecular formula is C38H53NO5. The fourth-order valence-corrected chi connectivity index (χ4v) is 5.20. The first-order valence-corrected chi connectivity index (χ1v) is 16.0. The molecule has 1 aliphatic rings. The largest absolute Gasteiger partial charge is 0.465 e. The maximum Gasteiger partial charge on any atom is 0.337 e. The van der Waals surface area contributed by atoms with Crippen molar-refractivity contribution in [3.63, 3.8) is 0 Å². The first kappa shape index (κ1) is 36.9. The number of benzene rings is 3. The highest BCUT2D eigenvalue weighted by Gasteiger charge is 2.14. The van der Waals surface area contributed by atoms with E-state index in [9.17, 15) is 9.59 Å². The van der Waals surface area contributed by atoms with E-state index in [1.165, 1.54) is 56.8 Å². The number of carbonyl (C=O) groups is 2. The Morgan fingerprint density at radius 2 is 1.36 bits per heavy atom. The third-order valence-corrected chi connectivity index (χ3v) is 7.65. The van der Waals surface area contributed by atoms with Crippen LogP contribution in [0.15, 0.2) is 84.9 Å². The van der Waals surface area contributed by atoms with Gasteiger partial charge in [0.25, 0.3) is 0 Å². The molecule has 0 unspecified atom stereocenters. The van der Waals surface area contributed by atoms with Crippen LogP contribution in [0.2, 0.25) is 0 Å². The first-order valence-electron chi connectivity index (χ1n) is 16.0. The van der Waals surface area contributed by atoms with E-state index in [4.69, 9.17) is 9.47 Å². The van der Waals surface area contributed by atoms with E-state index >= 15 is 0 Å². The van der Waals surface area contributed by atoms with Crippen LogP contribution in [0.4, 0.5) is 0 Å². The van der Waals surface area contributed by atoms with Crippen molar-refractivity contribution in [1.29, 1.82) is 0 Å². The quantitative estimate of drug-likeness (QED) is 0.0941. The Bertz CT molecular complexity index is 1090. The summed E-state index contributed by atoms with van der Waals surface area (Å²) in [4.78, 5) is 24.7. The lowest BCUT2D eigenvalue weighted by atomic mass is 9.98. The predicted octanol–water partition coefficient (Wildman–Crippen LogP) is 7.93. The molecule has 0 spiro atoms. The Morgan fingerprint density at radius 3 is 1.93 bits per heavy atom. The summed E-state index contributed by atoms with van der Waals surface area (Å²) in [6.45, 7) is 3.78. The molecule has 44 heavy (non-hydrogen) atoms. The van der Waals surface area contributed by atoms with Gasteiger partial charge in [-0.3, -0.25) is 4.90 Å². The average molecular weight is 604 g/mol. The lowest BCUT2D eigenvalue weighted by molar-refractivity contribution is -0.107. The fraction of sp³-hybridized carbons (Fsp3) is 0.474. The van der Waals surface area contributed by atoms with E-state index in [0.717, 1.165) is 50.2 Å². The summed E-state index contributed by atoms with van der Waals surface area (Å²) in [5.41, 5.74) is 4.34. The van der Waals surface area contributed by atoms with E-state index in [-0.39, 0.29) is 5.97 Å². The molecule has 0 atom stereocenters. The molecule has 1 aliphatic carbocycles. The van der Waals surface area contributed by atoms with Crippen LogP contribution >= 0.6 is 0 Å². The normalized spacial score (nSPS) is 12.5.